The van der Waals surface area contributed by atoms with Crippen LogP contribution in [-0.2, 0) is 6.54 Å². The van der Waals surface area contributed by atoms with Crippen molar-refractivity contribution in [2.24, 2.45) is 0 Å². The van der Waals surface area contributed by atoms with Crippen LogP contribution in [0.1, 0.15) is 23.0 Å². The Balaban J connectivity index is 2.27. The van der Waals surface area contributed by atoms with Crippen molar-refractivity contribution in [2.75, 3.05) is 5.32 Å². The molecule has 1 heterocycles. The highest BCUT2D eigenvalue weighted by Crippen LogP contribution is 2.24. The van der Waals surface area contributed by atoms with Crippen LogP contribution in [0.15, 0.2) is 34.9 Å². The highest BCUT2D eigenvalue weighted by molar-refractivity contribution is 9.10. The summed E-state index contributed by atoms with van der Waals surface area (Å²) in [5, 5.41) is 2.80. The molecule has 0 spiro atoms. The van der Waals surface area contributed by atoms with E-state index in [0.717, 1.165) is 6.54 Å². The molecule has 0 aliphatic rings. The van der Waals surface area contributed by atoms with Crippen molar-refractivity contribution in [2.45, 2.75) is 20.4 Å². The van der Waals surface area contributed by atoms with E-state index >= 15 is 0 Å². The summed E-state index contributed by atoms with van der Waals surface area (Å²) in [5.41, 5.74) is 1.87. The maximum Gasteiger partial charge on any atom is 0.272 e. The highest BCUT2D eigenvalue weighted by atomic mass is 79.9. The fraction of sp³-hybridized carbons (Fsp3) is 0.214. The lowest BCUT2D eigenvalue weighted by Gasteiger charge is -2.11. The van der Waals surface area contributed by atoms with Gasteiger partial charge in [0.25, 0.3) is 5.91 Å². The minimum absolute atomic E-state index is 0.201. The minimum Gasteiger partial charge on any atom is -0.344 e. The fourth-order valence-electron chi connectivity index (χ4n) is 1.86. The zero-order chi connectivity index (χ0) is 14.0. The molecule has 0 unspecified atom stereocenters. The summed E-state index contributed by atoms with van der Waals surface area (Å²) in [4.78, 5) is 12.2. The number of hydrogen-bond acceptors (Lipinski definition) is 1. The predicted octanol–water partition coefficient (Wildman–Crippen LogP) is 3.97. The summed E-state index contributed by atoms with van der Waals surface area (Å²) in [6, 6.07) is 6.54. The molecule has 2 aromatic rings. The highest BCUT2D eigenvalue weighted by Gasteiger charge is 2.12. The van der Waals surface area contributed by atoms with Gasteiger partial charge in [-0.05, 0) is 59.6 Å². The smallest absolute Gasteiger partial charge is 0.272 e. The van der Waals surface area contributed by atoms with Gasteiger partial charge in [0.1, 0.15) is 11.5 Å². The number of hydrogen-bond donors (Lipinski definition) is 1. The Bertz CT molecular complexity index is 622. The van der Waals surface area contributed by atoms with E-state index in [0.29, 0.717) is 21.4 Å². The molecule has 100 valence electrons. The molecule has 1 aromatic carbocycles. The van der Waals surface area contributed by atoms with E-state index in [1.165, 1.54) is 6.07 Å². The second-order valence-corrected chi connectivity index (χ2v) is 5.07. The van der Waals surface area contributed by atoms with Gasteiger partial charge >= 0.3 is 0 Å². The molecule has 1 amide bonds. The molecule has 2 rings (SSSR count). The van der Waals surface area contributed by atoms with Gasteiger partial charge < -0.3 is 9.88 Å². The van der Waals surface area contributed by atoms with Crippen molar-refractivity contribution in [3.05, 3.63) is 52.0 Å². The number of carbonyl (C=O) groups is 1. The molecule has 0 bridgehead atoms. The molecule has 3 nitrogen and oxygen atoms in total. The lowest BCUT2D eigenvalue weighted by Crippen LogP contribution is -2.17. The Kier molecular flexibility index (Phi) is 4.04. The first kappa shape index (κ1) is 13.8. The molecule has 0 saturated carbocycles. The van der Waals surface area contributed by atoms with Crippen molar-refractivity contribution in [3.8, 4) is 0 Å². The fourth-order valence-corrected chi connectivity index (χ4v) is 2.21. The zero-order valence-electron chi connectivity index (χ0n) is 10.7. The summed E-state index contributed by atoms with van der Waals surface area (Å²) < 4.78 is 15.5. The maximum atomic E-state index is 13.3. The summed E-state index contributed by atoms with van der Waals surface area (Å²) in [7, 11) is 0. The van der Waals surface area contributed by atoms with E-state index in [-0.39, 0.29) is 11.7 Å². The zero-order valence-corrected chi connectivity index (χ0v) is 12.3. The molecule has 5 heteroatoms. The summed E-state index contributed by atoms with van der Waals surface area (Å²) in [6.45, 7) is 4.45. The van der Waals surface area contributed by atoms with Crippen LogP contribution in [0.25, 0.3) is 0 Å². The predicted molar refractivity (Wildman–Crippen MR) is 76.9 cm³/mol. The van der Waals surface area contributed by atoms with E-state index in [2.05, 4.69) is 21.2 Å². The van der Waals surface area contributed by atoms with Gasteiger partial charge in [0, 0.05) is 18.4 Å². The number of benzene rings is 1. The molecule has 0 atom stereocenters. The molecule has 0 aliphatic carbocycles. The summed E-state index contributed by atoms with van der Waals surface area (Å²) in [5.74, 6) is -0.541. The third-order valence-corrected chi connectivity index (χ3v) is 3.53. The molecule has 1 N–H and O–H groups in total. The molecular formula is C14H14BrFN2O. The Morgan fingerprint density at radius 2 is 2.21 bits per heavy atom. The molecular weight excluding hydrogens is 311 g/mol. The van der Waals surface area contributed by atoms with E-state index in [1.807, 2.05) is 23.8 Å². The first-order valence-electron chi connectivity index (χ1n) is 5.95. The van der Waals surface area contributed by atoms with E-state index in [4.69, 9.17) is 0 Å². The van der Waals surface area contributed by atoms with Crippen molar-refractivity contribution < 1.29 is 9.18 Å². The van der Waals surface area contributed by atoms with Crippen LogP contribution in [0.5, 0.6) is 0 Å². The van der Waals surface area contributed by atoms with Gasteiger partial charge in [-0.25, -0.2) is 4.39 Å². The Hall–Kier alpha value is -1.62. The molecule has 0 aliphatic heterocycles. The molecule has 0 radical (unpaired) electrons. The van der Waals surface area contributed by atoms with Crippen LogP contribution in [0.3, 0.4) is 0 Å². The van der Waals surface area contributed by atoms with E-state index in [9.17, 15) is 9.18 Å². The van der Waals surface area contributed by atoms with Gasteiger partial charge in [-0.2, -0.15) is 0 Å². The van der Waals surface area contributed by atoms with Crippen LogP contribution < -0.4 is 5.32 Å². The summed E-state index contributed by atoms with van der Waals surface area (Å²) in [6.07, 6.45) is 1.85. The Morgan fingerprint density at radius 3 is 2.89 bits per heavy atom. The van der Waals surface area contributed by atoms with Gasteiger partial charge in [0.15, 0.2) is 0 Å². The third-order valence-electron chi connectivity index (χ3n) is 2.92. The Labute approximate surface area is 119 Å². The van der Waals surface area contributed by atoms with E-state index < -0.39 is 0 Å². The van der Waals surface area contributed by atoms with Crippen molar-refractivity contribution in [3.63, 3.8) is 0 Å². The molecule has 0 saturated heterocycles. The number of amides is 1. The van der Waals surface area contributed by atoms with Crippen molar-refractivity contribution >= 4 is 27.5 Å². The average Bonchev–Trinajstić information content (AvgIpc) is 2.84. The quantitative estimate of drug-likeness (QED) is 0.910. The standard InChI is InChI=1S/C14H14BrFN2O/c1-3-18-6-4-5-13(18)14(19)17-12-8-10(15)11(16)7-9(12)2/h4-8H,3H2,1-2H3,(H,17,19). The average molecular weight is 325 g/mol. The maximum absolute atomic E-state index is 13.3. The lowest BCUT2D eigenvalue weighted by atomic mass is 10.2. The molecule has 19 heavy (non-hydrogen) atoms. The Morgan fingerprint density at radius 1 is 1.47 bits per heavy atom. The van der Waals surface area contributed by atoms with Gasteiger partial charge in [0.2, 0.25) is 0 Å². The van der Waals surface area contributed by atoms with Gasteiger partial charge in [-0.3, -0.25) is 4.79 Å². The van der Waals surface area contributed by atoms with Crippen molar-refractivity contribution in [1.82, 2.24) is 4.57 Å². The minimum atomic E-state index is -0.340. The van der Waals surface area contributed by atoms with Gasteiger partial charge in [-0.15, -0.1) is 0 Å². The third kappa shape index (κ3) is 2.87. The van der Waals surface area contributed by atoms with Crippen LogP contribution in [0.2, 0.25) is 0 Å². The topological polar surface area (TPSA) is 34.0 Å². The molecule has 0 fully saturated rings. The number of halogens is 2. The number of nitrogens with one attached hydrogen (secondary N) is 1. The van der Waals surface area contributed by atoms with Crippen LogP contribution >= 0.6 is 15.9 Å². The van der Waals surface area contributed by atoms with Gasteiger partial charge in [-0.1, -0.05) is 0 Å². The van der Waals surface area contributed by atoms with Gasteiger partial charge in [0.05, 0.1) is 4.47 Å². The second kappa shape index (κ2) is 5.57. The normalized spacial score (nSPS) is 10.5. The SMILES string of the molecule is CCn1cccc1C(=O)Nc1cc(Br)c(F)cc1C. The first-order chi connectivity index (χ1) is 9.02. The van der Waals surface area contributed by atoms with Crippen LogP contribution in [0, 0.1) is 12.7 Å². The largest absolute Gasteiger partial charge is 0.344 e. The number of nitrogens with zero attached hydrogens (tertiary/aromatic N) is 1. The monoisotopic (exact) mass is 324 g/mol. The summed E-state index contributed by atoms with van der Waals surface area (Å²) >= 11 is 3.12. The number of anilines is 1. The van der Waals surface area contributed by atoms with Crippen LogP contribution in [-0.4, -0.2) is 10.5 Å². The van der Waals surface area contributed by atoms with E-state index in [1.54, 1.807) is 19.1 Å². The second-order valence-electron chi connectivity index (χ2n) is 4.21. The van der Waals surface area contributed by atoms with Crippen molar-refractivity contribution in [1.29, 1.82) is 0 Å². The number of aryl methyl sites for hydroxylation is 2. The molecule has 1 aromatic heterocycles. The lowest BCUT2D eigenvalue weighted by molar-refractivity contribution is 0.101. The number of rotatable bonds is 3. The number of carbonyl (C=O) groups excluding carboxylic acids is 1. The first-order valence-corrected chi connectivity index (χ1v) is 6.74. The van der Waals surface area contributed by atoms with Crippen LogP contribution in [0.4, 0.5) is 10.1 Å². The number of aromatic nitrogens is 1.